The predicted octanol–water partition coefficient (Wildman–Crippen LogP) is 0.594. The lowest BCUT2D eigenvalue weighted by atomic mass is 10.6. The second-order valence-corrected chi connectivity index (χ2v) is 1.12. The molecular weight excluding hydrogens is 123 g/mol. The molecule has 0 unspecified atom stereocenters. The smallest absolute Gasteiger partial charge is 0.266 e. The highest BCUT2D eigenvalue weighted by atomic mass is 19.3. The molecule has 48 valence electrons. The van der Waals surface area contributed by atoms with E-state index < -0.39 is 17.5 Å². The molecular formula is C3H4F3NO. The van der Waals surface area contributed by atoms with Crippen LogP contribution in [0.5, 0.6) is 0 Å². The molecule has 0 aromatic rings. The van der Waals surface area contributed by atoms with Gasteiger partial charge in [-0.25, -0.2) is 0 Å². The second kappa shape index (κ2) is 2.54. The molecule has 0 bridgehead atoms. The van der Waals surface area contributed by atoms with Gasteiger partial charge < -0.3 is 0 Å². The lowest BCUT2D eigenvalue weighted by Crippen LogP contribution is -2.24. The molecule has 1 amide bonds. The van der Waals surface area contributed by atoms with E-state index in [1.54, 1.807) is 0 Å². The fourth-order valence-electron chi connectivity index (χ4n) is 0.134. The molecule has 0 aliphatic carbocycles. The summed E-state index contributed by atoms with van der Waals surface area (Å²) in [7, 11) is 0.620. The van der Waals surface area contributed by atoms with E-state index in [4.69, 9.17) is 0 Å². The van der Waals surface area contributed by atoms with E-state index in [2.05, 4.69) is 0 Å². The molecule has 0 aliphatic heterocycles. The molecule has 0 saturated heterocycles. The zero-order valence-corrected chi connectivity index (χ0v) is 4.07. The van der Waals surface area contributed by atoms with E-state index in [-0.39, 0.29) is 0 Å². The molecule has 5 heteroatoms. The van der Waals surface area contributed by atoms with Crippen LogP contribution in [0.3, 0.4) is 0 Å². The molecule has 0 N–H and O–H groups in total. The standard InChI is InChI=1S/C3H4F3NO/c1-7(6)3(8)2(4)5/h2H,1H3. The Balaban J connectivity index is 3.65. The third-order valence-corrected chi connectivity index (χ3v) is 0.490. The number of nitrogens with zero attached hydrogens (tertiary/aromatic N) is 1. The van der Waals surface area contributed by atoms with Gasteiger partial charge >= 0.3 is 12.3 Å². The van der Waals surface area contributed by atoms with Crippen molar-refractivity contribution < 1.29 is 18.1 Å². The molecule has 0 aliphatic rings. The summed E-state index contributed by atoms with van der Waals surface area (Å²) in [6.45, 7) is 0. The normalized spacial score (nSPS) is 9.62. The minimum atomic E-state index is -3.25. The molecule has 0 heterocycles. The van der Waals surface area contributed by atoms with Crippen molar-refractivity contribution in [1.82, 2.24) is 5.12 Å². The number of carbonyl (C=O) groups is 1. The Morgan fingerprint density at radius 3 is 2.00 bits per heavy atom. The summed E-state index contributed by atoms with van der Waals surface area (Å²) >= 11 is 0. The summed E-state index contributed by atoms with van der Waals surface area (Å²) in [5.41, 5.74) is 0. The minimum absolute atomic E-state index is 0.620. The maximum atomic E-state index is 11.3. The predicted molar refractivity (Wildman–Crippen MR) is 19.9 cm³/mol. The molecule has 0 spiro atoms. The molecule has 0 fully saturated rings. The summed E-state index contributed by atoms with van der Waals surface area (Å²) in [5, 5.41) is -0.648. The van der Waals surface area contributed by atoms with Gasteiger partial charge in [-0.3, -0.25) is 4.79 Å². The highest BCUT2D eigenvalue weighted by Gasteiger charge is 2.19. The van der Waals surface area contributed by atoms with Crippen LogP contribution in [-0.2, 0) is 4.79 Å². The second-order valence-electron chi connectivity index (χ2n) is 1.12. The number of carbonyl (C=O) groups excluding carboxylic acids is 1. The van der Waals surface area contributed by atoms with Crippen molar-refractivity contribution in [1.29, 1.82) is 0 Å². The molecule has 0 radical (unpaired) electrons. The van der Waals surface area contributed by atoms with Gasteiger partial charge in [-0.2, -0.15) is 13.9 Å². The van der Waals surface area contributed by atoms with Crippen LogP contribution in [-0.4, -0.2) is 24.5 Å². The zero-order chi connectivity index (χ0) is 6.73. The molecule has 0 aromatic carbocycles. The van der Waals surface area contributed by atoms with Gasteiger partial charge in [0.05, 0.1) is 0 Å². The van der Waals surface area contributed by atoms with E-state index in [0.29, 0.717) is 7.05 Å². The fourth-order valence-corrected chi connectivity index (χ4v) is 0.134. The Hall–Kier alpha value is -0.740. The highest BCUT2D eigenvalue weighted by Crippen LogP contribution is 1.97. The number of hydrogen-bond donors (Lipinski definition) is 0. The van der Waals surface area contributed by atoms with Gasteiger partial charge in [0.25, 0.3) is 0 Å². The summed E-state index contributed by atoms with van der Waals surface area (Å²) in [6, 6.07) is 0. The van der Waals surface area contributed by atoms with Gasteiger partial charge in [0, 0.05) is 7.05 Å². The molecule has 0 rings (SSSR count). The summed E-state index contributed by atoms with van der Waals surface area (Å²) in [4.78, 5) is 9.64. The van der Waals surface area contributed by atoms with Gasteiger partial charge in [0.2, 0.25) is 0 Å². The minimum Gasteiger partial charge on any atom is -0.266 e. The molecule has 8 heavy (non-hydrogen) atoms. The van der Waals surface area contributed by atoms with Crippen molar-refractivity contribution in [3.8, 4) is 0 Å². The number of alkyl halides is 2. The van der Waals surface area contributed by atoms with Crippen molar-refractivity contribution in [2.75, 3.05) is 7.05 Å². The van der Waals surface area contributed by atoms with Crippen molar-refractivity contribution in [2.45, 2.75) is 6.43 Å². The zero-order valence-electron chi connectivity index (χ0n) is 4.07. The van der Waals surface area contributed by atoms with Gasteiger partial charge in [0.1, 0.15) is 0 Å². The molecule has 0 atom stereocenters. The molecule has 0 saturated carbocycles. The van der Waals surface area contributed by atoms with Crippen LogP contribution >= 0.6 is 0 Å². The van der Waals surface area contributed by atoms with Crippen LogP contribution in [0.4, 0.5) is 13.3 Å². The van der Waals surface area contributed by atoms with Crippen LogP contribution in [0.1, 0.15) is 0 Å². The first kappa shape index (κ1) is 7.26. The van der Waals surface area contributed by atoms with Crippen LogP contribution < -0.4 is 0 Å². The summed E-state index contributed by atoms with van der Waals surface area (Å²) in [5.74, 6) is -1.81. The van der Waals surface area contributed by atoms with Crippen LogP contribution in [0.2, 0.25) is 0 Å². The van der Waals surface area contributed by atoms with Crippen molar-refractivity contribution in [2.24, 2.45) is 0 Å². The average molecular weight is 127 g/mol. The Morgan fingerprint density at radius 1 is 1.62 bits per heavy atom. The number of hydrogen-bond acceptors (Lipinski definition) is 1. The monoisotopic (exact) mass is 127 g/mol. The third-order valence-electron chi connectivity index (χ3n) is 0.490. The van der Waals surface area contributed by atoms with E-state index in [9.17, 15) is 18.1 Å². The van der Waals surface area contributed by atoms with E-state index >= 15 is 0 Å². The molecule has 2 nitrogen and oxygen atoms in total. The third kappa shape index (κ3) is 1.81. The van der Waals surface area contributed by atoms with Gasteiger partial charge in [-0.15, -0.1) is 0 Å². The largest absolute Gasteiger partial charge is 0.318 e. The quantitative estimate of drug-likeness (QED) is 0.472. The Bertz CT molecular complexity index is 82.5. The Labute approximate surface area is 43.8 Å². The fraction of sp³-hybridized carbons (Fsp3) is 0.667. The van der Waals surface area contributed by atoms with Crippen LogP contribution in [0.25, 0.3) is 0 Å². The molecule has 0 aromatic heterocycles. The first-order chi connectivity index (χ1) is 3.55. The van der Waals surface area contributed by atoms with Crippen molar-refractivity contribution >= 4 is 5.91 Å². The maximum absolute atomic E-state index is 11.3. The lowest BCUT2D eigenvalue weighted by molar-refractivity contribution is -0.155. The van der Waals surface area contributed by atoms with E-state index in [0.717, 1.165) is 0 Å². The summed E-state index contributed by atoms with van der Waals surface area (Å²) in [6.07, 6.45) is -3.25. The number of halogens is 3. The van der Waals surface area contributed by atoms with Crippen molar-refractivity contribution in [3.05, 3.63) is 0 Å². The van der Waals surface area contributed by atoms with E-state index in [1.807, 2.05) is 0 Å². The first-order valence-electron chi connectivity index (χ1n) is 1.77. The number of amides is 1. The first-order valence-corrected chi connectivity index (χ1v) is 1.77. The van der Waals surface area contributed by atoms with E-state index in [1.165, 1.54) is 0 Å². The SMILES string of the molecule is CN(F)C(=O)C(F)F. The number of rotatable bonds is 1. The summed E-state index contributed by atoms with van der Waals surface area (Å²) < 4.78 is 33.4. The maximum Gasteiger partial charge on any atom is 0.318 e. The van der Waals surface area contributed by atoms with Crippen LogP contribution in [0, 0.1) is 0 Å². The highest BCUT2D eigenvalue weighted by molar-refractivity contribution is 5.77. The van der Waals surface area contributed by atoms with Gasteiger partial charge in [-0.1, -0.05) is 4.48 Å². The topological polar surface area (TPSA) is 20.3 Å². The lowest BCUT2D eigenvalue weighted by Gasteiger charge is -2.01. The van der Waals surface area contributed by atoms with Gasteiger partial charge in [-0.05, 0) is 0 Å². The Morgan fingerprint density at radius 2 is 2.00 bits per heavy atom. The Kier molecular flexibility index (Phi) is 2.30. The average Bonchev–Trinajstić information content (AvgIpc) is 1.64. The van der Waals surface area contributed by atoms with Crippen LogP contribution in [0.15, 0.2) is 0 Å². The van der Waals surface area contributed by atoms with Gasteiger partial charge in [0.15, 0.2) is 0 Å². The van der Waals surface area contributed by atoms with Crippen molar-refractivity contribution in [3.63, 3.8) is 0 Å².